The summed E-state index contributed by atoms with van der Waals surface area (Å²) in [5.74, 6) is 0.206. The molecule has 0 aliphatic carbocycles. The van der Waals surface area contributed by atoms with Crippen molar-refractivity contribution in [3.63, 3.8) is 0 Å². The van der Waals surface area contributed by atoms with E-state index in [4.69, 9.17) is 11.6 Å². The maximum absolute atomic E-state index is 12.5. The molecule has 1 amide bonds. The first-order valence-corrected chi connectivity index (χ1v) is 9.22. The lowest BCUT2D eigenvalue weighted by molar-refractivity contribution is -0.118. The van der Waals surface area contributed by atoms with Gasteiger partial charge >= 0.3 is 0 Å². The Kier molecular flexibility index (Phi) is 5.50. The van der Waals surface area contributed by atoms with Gasteiger partial charge in [0, 0.05) is 17.0 Å². The number of sulfone groups is 1. The summed E-state index contributed by atoms with van der Waals surface area (Å²) in [4.78, 5) is 12.4. The highest BCUT2D eigenvalue weighted by atomic mass is 35.5. The van der Waals surface area contributed by atoms with E-state index in [1.807, 2.05) is 0 Å². The van der Waals surface area contributed by atoms with Crippen molar-refractivity contribution in [3.05, 3.63) is 53.6 Å². The van der Waals surface area contributed by atoms with Crippen LogP contribution < -0.4 is 5.32 Å². The third-order valence-corrected chi connectivity index (χ3v) is 5.90. The predicted octanol–water partition coefficient (Wildman–Crippen LogP) is 3.01. The molecule has 0 saturated carbocycles. The number of thioether (sulfide) groups is 1. The average Bonchev–Trinajstić information content (AvgIpc) is 2.53. The molecule has 2 aromatic rings. The summed E-state index contributed by atoms with van der Waals surface area (Å²) in [7, 11) is -2.01. The SMILES string of the molecule is CNC(=O)CSc1ccc(S(=O)(=O)c2cccc(Cl)c2)cc1. The number of carbonyl (C=O) groups is 1. The number of hydrogen-bond acceptors (Lipinski definition) is 4. The van der Waals surface area contributed by atoms with Gasteiger partial charge in [-0.1, -0.05) is 17.7 Å². The summed E-state index contributed by atoms with van der Waals surface area (Å²) in [6, 6.07) is 12.6. The zero-order chi connectivity index (χ0) is 16.2. The Morgan fingerprint density at radius 1 is 1.14 bits per heavy atom. The molecule has 0 heterocycles. The Bertz CT molecular complexity index is 774. The Balaban J connectivity index is 2.21. The van der Waals surface area contributed by atoms with Gasteiger partial charge in [0.2, 0.25) is 15.7 Å². The molecule has 0 bridgehead atoms. The van der Waals surface area contributed by atoms with Crippen LogP contribution in [0, 0.1) is 0 Å². The molecule has 0 radical (unpaired) electrons. The van der Waals surface area contributed by atoms with Crippen molar-refractivity contribution in [2.45, 2.75) is 14.7 Å². The van der Waals surface area contributed by atoms with E-state index in [1.54, 1.807) is 31.3 Å². The van der Waals surface area contributed by atoms with Crippen LogP contribution in [-0.4, -0.2) is 27.1 Å². The number of nitrogens with one attached hydrogen (secondary N) is 1. The number of rotatable bonds is 5. The molecule has 0 atom stereocenters. The van der Waals surface area contributed by atoms with Gasteiger partial charge in [-0.05, 0) is 42.5 Å². The third kappa shape index (κ3) is 4.03. The standard InChI is InChI=1S/C15H14ClNO3S2/c1-17-15(18)10-21-12-5-7-13(8-6-12)22(19,20)14-4-2-3-11(16)9-14/h2-9H,10H2,1H3,(H,17,18). The second kappa shape index (κ2) is 7.17. The first-order valence-electron chi connectivity index (χ1n) is 6.37. The molecule has 0 aromatic heterocycles. The van der Waals surface area contributed by atoms with Crippen LogP contribution in [0.25, 0.3) is 0 Å². The normalized spacial score (nSPS) is 11.2. The van der Waals surface area contributed by atoms with E-state index in [0.717, 1.165) is 4.90 Å². The lowest BCUT2D eigenvalue weighted by Gasteiger charge is -2.06. The summed E-state index contributed by atoms with van der Waals surface area (Å²) in [5.41, 5.74) is 0. The quantitative estimate of drug-likeness (QED) is 0.837. The lowest BCUT2D eigenvalue weighted by atomic mass is 10.4. The van der Waals surface area contributed by atoms with Crippen LogP contribution in [-0.2, 0) is 14.6 Å². The highest BCUT2D eigenvalue weighted by Gasteiger charge is 2.17. The molecule has 22 heavy (non-hydrogen) atoms. The molecule has 2 aromatic carbocycles. The van der Waals surface area contributed by atoms with Crippen molar-refractivity contribution in [2.24, 2.45) is 0 Å². The van der Waals surface area contributed by atoms with Crippen molar-refractivity contribution in [3.8, 4) is 0 Å². The molecule has 1 N–H and O–H groups in total. The summed E-state index contributed by atoms with van der Waals surface area (Å²) in [5, 5.41) is 2.90. The minimum Gasteiger partial charge on any atom is -0.358 e. The van der Waals surface area contributed by atoms with Crippen LogP contribution in [0.2, 0.25) is 5.02 Å². The number of halogens is 1. The number of benzene rings is 2. The zero-order valence-corrected chi connectivity index (χ0v) is 14.1. The smallest absolute Gasteiger partial charge is 0.230 e. The molecule has 116 valence electrons. The lowest BCUT2D eigenvalue weighted by Crippen LogP contribution is -2.19. The van der Waals surface area contributed by atoms with Crippen LogP contribution in [0.5, 0.6) is 0 Å². The third-order valence-electron chi connectivity index (χ3n) is 2.89. The zero-order valence-electron chi connectivity index (χ0n) is 11.7. The molecule has 0 saturated heterocycles. The molecular weight excluding hydrogens is 342 g/mol. The number of carbonyl (C=O) groups excluding carboxylic acids is 1. The summed E-state index contributed by atoms with van der Waals surface area (Å²) in [6.07, 6.45) is 0. The second-order valence-electron chi connectivity index (χ2n) is 4.39. The van der Waals surface area contributed by atoms with Gasteiger partial charge in [0.05, 0.1) is 15.5 Å². The first-order chi connectivity index (χ1) is 10.4. The minimum absolute atomic E-state index is 0.0828. The van der Waals surface area contributed by atoms with Gasteiger partial charge in [0.1, 0.15) is 0 Å². The Hall–Kier alpha value is -1.50. The summed E-state index contributed by atoms with van der Waals surface area (Å²) >= 11 is 7.19. The fourth-order valence-electron chi connectivity index (χ4n) is 1.71. The first kappa shape index (κ1) is 16.9. The largest absolute Gasteiger partial charge is 0.358 e. The van der Waals surface area contributed by atoms with E-state index in [1.165, 1.54) is 36.0 Å². The molecule has 0 unspecified atom stereocenters. The highest BCUT2D eigenvalue weighted by molar-refractivity contribution is 8.00. The van der Waals surface area contributed by atoms with Crippen molar-refractivity contribution in [1.29, 1.82) is 0 Å². The van der Waals surface area contributed by atoms with Crippen LogP contribution in [0.3, 0.4) is 0 Å². The highest BCUT2D eigenvalue weighted by Crippen LogP contribution is 2.25. The molecule has 0 spiro atoms. The van der Waals surface area contributed by atoms with Gasteiger partial charge in [0.25, 0.3) is 0 Å². The average molecular weight is 356 g/mol. The van der Waals surface area contributed by atoms with Gasteiger partial charge in [-0.2, -0.15) is 0 Å². The number of amides is 1. The van der Waals surface area contributed by atoms with Crippen molar-refractivity contribution < 1.29 is 13.2 Å². The molecule has 4 nitrogen and oxygen atoms in total. The molecule has 7 heteroatoms. The van der Waals surface area contributed by atoms with Crippen LogP contribution >= 0.6 is 23.4 Å². The minimum atomic E-state index is -3.59. The predicted molar refractivity (Wildman–Crippen MR) is 88.1 cm³/mol. The molecule has 0 aliphatic heterocycles. The maximum Gasteiger partial charge on any atom is 0.230 e. The Morgan fingerprint density at radius 2 is 1.82 bits per heavy atom. The van der Waals surface area contributed by atoms with E-state index in [9.17, 15) is 13.2 Å². The number of hydrogen-bond donors (Lipinski definition) is 1. The van der Waals surface area contributed by atoms with E-state index in [0.29, 0.717) is 5.02 Å². The maximum atomic E-state index is 12.5. The van der Waals surface area contributed by atoms with Gasteiger partial charge in [-0.3, -0.25) is 4.79 Å². The van der Waals surface area contributed by atoms with Gasteiger partial charge in [-0.25, -0.2) is 8.42 Å². The van der Waals surface area contributed by atoms with Gasteiger partial charge in [0.15, 0.2) is 0 Å². The second-order valence-corrected chi connectivity index (χ2v) is 7.83. The Morgan fingerprint density at radius 3 is 2.41 bits per heavy atom. The van der Waals surface area contributed by atoms with E-state index in [-0.39, 0.29) is 21.5 Å². The molecule has 0 fully saturated rings. The van der Waals surface area contributed by atoms with E-state index in [2.05, 4.69) is 5.32 Å². The van der Waals surface area contributed by atoms with Gasteiger partial charge in [-0.15, -0.1) is 11.8 Å². The molecular formula is C15H14ClNO3S2. The molecule has 2 rings (SSSR count). The molecule has 0 aliphatic rings. The van der Waals surface area contributed by atoms with Gasteiger partial charge < -0.3 is 5.32 Å². The van der Waals surface area contributed by atoms with Crippen molar-refractivity contribution in [1.82, 2.24) is 5.32 Å². The monoisotopic (exact) mass is 355 g/mol. The Labute approximate surface area is 138 Å². The fraction of sp³-hybridized carbons (Fsp3) is 0.133. The van der Waals surface area contributed by atoms with Crippen molar-refractivity contribution >= 4 is 39.1 Å². The van der Waals surface area contributed by atoms with E-state index >= 15 is 0 Å². The topological polar surface area (TPSA) is 63.2 Å². The summed E-state index contributed by atoms with van der Waals surface area (Å²) < 4.78 is 25.0. The van der Waals surface area contributed by atoms with E-state index < -0.39 is 9.84 Å². The van der Waals surface area contributed by atoms with Crippen LogP contribution in [0.4, 0.5) is 0 Å². The van der Waals surface area contributed by atoms with Crippen LogP contribution in [0.1, 0.15) is 0 Å². The summed E-state index contributed by atoms with van der Waals surface area (Å²) in [6.45, 7) is 0. The van der Waals surface area contributed by atoms with Crippen LogP contribution in [0.15, 0.2) is 63.2 Å². The van der Waals surface area contributed by atoms with Crippen molar-refractivity contribution in [2.75, 3.05) is 12.8 Å². The fourth-order valence-corrected chi connectivity index (χ4v) is 4.04.